The van der Waals surface area contributed by atoms with Gasteiger partial charge >= 0.3 is 0 Å². The molecule has 1 unspecified atom stereocenters. The van der Waals surface area contributed by atoms with Crippen LogP contribution >= 0.6 is 0 Å². The van der Waals surface area contributed by atoms with Gasteiger partial charge < -0.3 is 9.47 Å². The van der Waals surface area contributed by atoms with Gasteiger partial charge in [-0.15, -0.1) is 0 Å². The molecule has 30 heavy (non-hydrogen) atoms. The zero-order chi connectivity index (χ0) is 21.1. The van der Waals surface area contributed by atoms with Gasteiger partial charge in [-0.25, -0.2) is 4.98 Å². The van der Waals surface area contributed by atoms with Gasteiger partial charge in [-0.3, -0.25) is 0 Å². The summed E-state index contributed by atoms with van der Waals surface area (Å²) < 4.78 is 2.23. The predicted molar refractivity (Wildman–Crippen MR) is 126 cm³/mol. The van der Waals surface area contributed by atoms with Crippen LogP contribution in [-0.2, 0) is 12.8 Å². The summed E-state index contributed by atoms with van der Waals surface area (Å²) in [6.07, 6.45) is 11.8. The first kappa shape index (κ1) is 20.5. The highest BCUT2D eigenvalue weighted by Crippen LogP contribution is 2.42. The number of anilines is 1. The molecule has 5 rings (SSSR count). The normalized spacial score (nSPS) is 15.4. The van der Waals surface area contributed by atoms with Crippen molar-refractivity contribution in [1.29, 1.82) is 0 Å². The van der Waals surface area contributed by atoms with Gasteiger partial charge in [0.15, 0.2) is 0 Å². The highest BCUT2D eigenvalue weighted by Gasteiger charge is 2.30. The number of unbranched alkanes of at least 4 members (excludes halogenated alkanes) is 1. The second-order valence-corrected chi connectivity index (χ2v) is 8.42. The van der Waals surface area contributed by atoms with Crippen LogP contribution in [-0.4, -0.2) is 16.1 Å². The van der Waals surface area contributed by atoms with Crippen LogP contribution in [0.4, 0.5) is 5.69 Å². The first-order chi connectivity index (χ1) is 14.6. The first-order valence-corrected chi connectivity index (χ1v) is 11.3. The summed E-state index contributed by atoms with van der Waals surface area (Å²) in [4.78, 5) is 6.74. The van der Waals surface area contributed by atoms with Gasteiger partial charge in [0.2, 0.25) is 0 Å². The topological polar surface area (TPSA) is 21.1 Å². The van der Waals surface area contributed by atoms with Crippen molar-refractivity contribution >= 4 is 5.69 Å². The quantitative estimate of drug-likeness (QED) is 0.502. The molecule has 3 nitrogen and oxygen atoms in total. The maximum atomic E-state index is 4.32. The van der Waals surface area contributed by atoms with Gasteiger partial charge in [-0.05, 0) is 54.0 Å². The van der Waals surface area contributed by atoms with Crippen molar-refractivity contribution in [3.63, 3.8) is 0 Å². The second kappa shape index (κ2) is 8.91. The largest absolute Gasteiger partial charge is 0.345 e. The molecular weight excluding hydrogens is 366 g/mol. The van der Waals surface area contributed by atoms with Gasteiger partial charge in [0, 0.05) is 30.3 Å². The molecule has 1 atom stereocenters. The summed E-state index contributed by atoms with van der Waals surface area (Å²) in [5.41, 5.74) is 9.66. The average Bonchev–Trinajstić information content (AvgIpc) is 3.44. The molecule has 1 aromatic heterocycles. The third kappa shape index (κ3) is 3.81. The van der Waals surface area contributed by atoms with Crippen LogP contribution in [0.3, 0.4) is 0 Å². The van der Waals surface area contributed by atoms with E-state index in [1.54, 1.807) is 0 Å². The molecule has 0 aliphatic carbocycles. The summed E-state index contributed by atoms with van der Waals surface area (Å²) in [5, 5.41) is 0. The Morgan fingerprint density at radius 1 is 1.03 bits per heavy atom. The van der Waals surface area contributed by atoms with Crippen LogP contribution in [0, 0.1) is 6.92 Å². The monoisotopic (exact) mass is 399 g/mol. The molecule has 0 fully saturated rings. The number of aryl methyl sites for hydroxylation is 2. The van der Waals surface area contributed by atoms with E-state index in [1.165, 1.54) is 52.0 Å². The lowest BCUT2D eigenvalue weighted by Gasteiger charge is -2.31. The third-order valence-corrected chi connectivity index (χ3v) is 6.35. The highest BCUT2D eigenvalue weighted by molar-refractivity contribution is 5.70. The molecule has 2 aromatic carbocycles. The van der Waals surface area contributed by atoms with Crippen molar-refractivity contribution in [2.24, 2.45) is 0 Å². The van der Waals surface area contributed by atoms with Gasteiger partial charge in [0.25, 0.3) is 0 Å². The number of benzene rings is 2. The Balaban J connectivity index is 0.000000503. The summed E-state index contributed by atoms with van der Waals surface area (Å²) in [7, 11) is 0. The van der Waals surface area contributed by atoms with E-state index in [0.29, 0.717) is 0 Å². The Hall–Kier alpha value is -2.81. The Morgan fingerprint density at radius 2 is 1.77 bits per heavy atom. The van der Waals surface area contributed by atoms with Crippen LogP contribution in [0.1, 0.15) is 67.0 Å². The minimum atomic E-state index is 0.166. The van der Waals surface area contributed by atoms with E-state index >= 15 is 0 Å². The summed E-state index contributed by atoms with van der Waals surface area (Å²) in [6, 6.07) is 13.7. The third-order valence-electron chi connectivity index (χ3n) is 6.35. The second-order valence-electron chi connectivity index (χ2n) is 8.42. The Labute approximate surface area is 181 Å². The van der Waals surface area contributed by atoms with Crippen LogP contribution in [0.15, 0.2) is 67.4 Å². The van der Waals surface area contributed by atoms with E-state index in [0.717, 1.165) is 25.8 Å². The van der Waals surface area contributed by atoms with Crippen molar-refractivity contribution in [1.82, 2.24) is 9.55 Å². The van der Waals surface area contributed by atoms with Gasteiger partial charge in [0.05, 0.1) is 12.4 Å². The zero-order valence-electron chi connectivity index (χ0n) is 18.6. The SMILES string of the molecule is C=C1CCc2cc(C(c3ccccc3C)n3ccnc3)cc3c2N1CC3.CCCC. The number of aromatic nitrogens is 2. The molecule has 0 bridgehead atoms. The zero-order valence-corrected chi connectivity index (χ0v) is 18.6. The number of hydrogen-bond donors (Lipinski definition) is 0. The fourth-order valence-corrected chi connectivity index (χ4v) is 4.57. The van der Waals surface area contributed by atoms with Crippen molar-refractivity contribution in [3.05, 3.63) is 95.2 Å². The molecule has 0 saturated carbocycles. The lowest BCUT2D eigenvalue weighted by molar-refractivity contribution is 0.670. The maximum Gasteiger partial charge on any atom is 0.0954 e. The van der Waals surface area contributed by atoms with E-state index in [9.17, 15) is 0 Å². The number of imidazole rings is 1. The Bertz CT molecular complexity index is 1010. The summed E-state index contributed by atoms with van der Waals surface area (Å²) >= 11 is 0. The van der Waals surface area contributed by atoms with Crippen LogP contribution in [0.5, 0.6) is 0 Å². The van der Waals surface area contributed by atoms with Gasteiger partial charge in [0.1, 0.15) is 0 Å². The molecule has 3 heteroatoms. The number of nitrogens with zero attached hydrogens (tertiary/aromatic N) is 3. The van der Waals surface area contributed by atoms with E-state index in [-0.39, 0.29) is 6.04 Å². The molecule has 0 radical (unpaired) electrons. The molecule has 156 valence electrons. The fraction of sp³-hybridized carbons (Fsp3) is 0.370. The van der Waals surface area contributed by atoms with E-state index < -0.39 is 0 Å². The van der Waals surface area contributed by atoms with Crippen molar-refractivity contribution in [2.75, 3.05) is 11.4 Å². The Morgan fingerprint density at radius 3 is 2.43 bits per heavy atom. The van der Waals surface area contributed by atoms with Crippen molar-refractivity contribution in [3.8, 4) is 0 Å². The predicted octanol–water partition coefficient (Wildman–Crippen LogP) is 6.46. The molecule has 0 N–H and O–H groups in total. The number of allylic oxidation sites excluding steroid dienone is 1. The molecule has 0 saturated heterocycles. The van der Waals surface area contributed by atoms with E-state index in [1.807, 2.05) is 12.5 Å². The average molecular weight is 400 g/mol. The minimum absolute atomic E-state index is 0.166. The molecule has 3 aromatic rings. The van der Waals surface area contributed by atoms with Crippen LogP contribution in [0.25, 0.3) is 0 Å². The summed E-state index contributed by atoms with van der Waals surface area (Å²) in [6.45, 7) is 11.9. The first-order valence-electron chi connectivity index (χ1n) is 11.3. The lowest BCUT2D eigenvalue weighted by atomic mass is 9.89. The van der Waals surface area contributed by atoms with E-state index in [4.69, 9.17) is 0 Å². The maximum absolute atomic E-state index is 4.32. The minimum Gasteiger partial charge on any atom is -0.345 e. The van der Waals surface area contributed by atoms with Crippen molar-refractivity contribution in [2.45, 2.75) is 58.9 Å². The van der Waals surface area contributed by atoms with Crippen molar-refractivity contribution < 1.29 is 0 Å². The standard InChI is InChI=1S/C23H23N3.C4H10/c1-16-5-3-4-6-21(16)23(25-12-10-24-15-25)20-13-18-8-7-17(2)26-11-9-19(14-20)22(18)26;1-3-4-2/h3-6,10,12-15,23H,2,7-9,11H2,1H3;3-4H2,1-2H3. The van der Waals surface area contributed by atoms with Gasteiger partial charge in [-0.2, -0.15) is 0 Å². The molecule has 2 aliphatic heterocycles. The molecule has 3 heterocycles. The van der Waals surface area contributed by atoms with Crippen LogP contribution < -0.4 is 4.90 Å². The van der Waals surface area contributed by atoms with Gasteiger partial charge in [-0.1, -0.05) is 69.7 Å². The summed E-state index contributed by atoms with van der Waals surface area (Å²) in [5.74, 6) is 0. The smallest absolute Gasteiger partial charge is 0.0954 e. The molecular formula is C27H33N3. The van der Waals surface area contributed by atoms with Crippen LogP contribution in [0.2, 0.25) is 0 Å². The molecule has 2 aliphatic rings. The Kier molecular flexibility index (Phi) is 6.08. The molecule has 0 amide bonds. The lowest BCUT2D eigenvalue weighted by Crippen LogP contribution is -2.24. The number of rotatable bonds is 4. The highest BCUT2D eigenvalue weighted by atomic mass is 15.2. The molecule has 0 spiro atoms. The number of hydrogen-bond acceptors (Lipinski definition) is 2. The van der Waals surface area contributed by atoms with E-state index in [2.05, 4.69) is 84.4 Å². The fourth-order valence-electron chi connectivity index (χ4n) is 4.57.